The van der Waals surface area contributed by atoms with Crippen molar-refractivity contribution in [3.63, 3.8) is 0 Å². The Morgan fingerprint density at radius 3 is 1.53 bits per heavy atom. The van der Waals surface area contributed by atoms with E-state index in [4.69, 9.17) is 0 Å². The van der Waals surface area contributed by atoms with Crippen LogP contribution in [0, 0.1) is 0 Å². The molecule has 1 aliphatic carbocycles. The summed E-state index contributed by atoms with van der Waals surface area (Å²) in [7, 11) is 0. The van der Waals surface area contributed by atoms with E-state index in [1.54, 1.807) is 0 Å². The van der Waals surface area contributed by atoms with Crippen LogP contribution in [0.1, 0.15) is 25.0 Å². The van der Waals surface area contributed by atoms with Crippen LogP contribution in [0.25, 0.3) is 72.0 Å². The zero-order chi connectivity index (χ0) is 39.5. The number of anilines is 3. The molecule has 0 fully saturated rings. The predicted molar refractivity (Wildman–Crippen MR) is 249 cm³/mol. The van der Waals surface area contributed by atoms with Crippen LogP contribution in [0.2, 0.25) is 0 Å². The number of benzene rings is 9. The molecule has 0 N–H and O–H groups in total. The Labute approximate surface area is 345 Å². The zero-order valence-electron chi connectivity index (χ0n) is 33.2. The summed E-state index contributed by atoms with van der Waals surface area (Å²) >= 11 is 0. The highest BCUT2D eigenvalue weighted by Gasteiger charge is 2.39. The summed E-state index contributed by atoms with van der Waals surface area (Å²) in [5.41, 5.74) is 19.2. The molecule has 1 aromatic heterocycles. The van der Waals surface area contributed by atoms with Crippen molar-refractivity contribution in [2.75, 3.05) is 4.90 Å². The maximum atomic E-state index is 2.49. The van der Waals surface area contributed by atoms with Crippen LogP contribution in [-0.2, 0) is 5.41 Å². The van der Waals surface area contributed by atoms with Crippen molar-refractivity contribution in [3.8, 4) is 50.2 Å². The van der Waals surface area contributed by atoms with Crippen molar-refractivity contribution in [2.45, 2.75) is 19.3 Å². The summed E-state index contributed by atoms with van der Waals surface area (Å²) in [5.74, 6) is 0. The van der Waals surface area contributed by atoms with E-state index in [0.717, 1.165) is 17.1 Å². The van der Waals surface area contributed by atoms with E-state index < -0.39 is 0 Å². The van der Waals surface area contributed by atoms with Gasteiger partial charge >= 0.3 is 0 Å². The van der Waals surface area contributed by atoms with Crippen LogP contribution >= 0.6 is 0 Å². The topological polar surface area (TPSA) is 8.17 Å². The van der Waals surface area contributed by atoms with Gasteiger partial charge in [0.1, 0.15) is 0 Å². The Kier molecular flexibility index (Phi) is 8.20. The highest BCUT2D eigenvalue weighted by Crippen LogP contribution is 2.56. The lowest BCUT2D eigenvalue weighted by molar-refractivity contribution is 0.661. The average molecular weight is 755 g/mol. The second-order valence-electron chi connectivity index (χ2n) is 16.2. The number of hydrogen-bond donors (Lipinski definition) is 0. The molecule has 0 amide bonds. The first-order valence-electron chi connectivity index (χ1n) is 20.5. The third kappa shape index (κ3) is 5.79. The molecule has 2 nitrogen and oxygen atoms in total. The number of rotatable bonds is 7. The van der Waals surface area contributed by atoms with E-state index in [0.29, 0.717) is 0 Å². The molecule has 9 aromatic carbocycles. The number of para-hydroxylation sites is 2. The van der Waals surface area contributed by atoms with Crippen LogP contribution in [-0.4, -0.2) is 4.57 Å². The fourth-order valence-corrected chi connectivity index (χ4v) is 9.54. The molecule has 0 saturated heterocycles. The third-order valence-corrected chi connectivity index (χ3v) is 12.4. The van der Waals surface area contributed by atoms with Crippen LogP contribution in [0.5, 0.6) is 0 Å². The van der Waals surface area contributed by atoms with Crippen molar-refractivity contribution in [3.05, 3.63) is 230 Å². The summed E-state index contributed by atoms with van der Waals surface area (Å²) in [6.45, 7) is 4.78. The van der Waals surface area contributed by atoms with Crippen molar-refractivity contribution in [1.29, 1.82) is 0 Å². The molecule has 11 rings (SSSR count). The van der Waals surface area contributed by atoms with Crippen LogP contribution in [0.3, 0.4) is 0 Å². The van der Waals surface area contributed by atoms with Gasteiger partial charge in [0, 0.05) is 33.2 Å². The lowest BCUT2D eigenvalue weighted by Gasteiger charge is -2.33. The maximum absolute atomic E-state index is 2.49. The number of nitrogens with zero attached hydrogens (tertiary/aromatic N) is 2. The molecule has 0 spiro atoms. The molecule has 0 aliphatic heterocycles. The van der Waals surface area contributed by atoms with Gasteiger partial charge in [0.15, 0.2) is 0 Å². The Balaban J connectivity index is 1.16. The molecule has 1 aliphatic rings. The Morgan fingerprint density at radius 1 is 0.373 bits per heavy atom. The summed E-state index contributed by atoms with van der Waals surface area (Å²) in [4.78, 5) is 2.49. The first-order valence-corrected chi connectivity index (χ1v) is 20.5. The van der Waals surface area contributed by atoms with E-state index in [9.17, 15) is 0 Å². The molecule has 0 saturated carbocycles. The SMILES string of the molecule is CC1(C)c2ccccc2-c2cc(-c3ccc4c5ccccc5n(-c5ccccc5)c4c3)cc(N(c3ccc(-c4ccccc4)cc3)c3ccc(-c4ccccc4)cc3)c21. The van der Waals surface area contributed by atoms with Gasteiger partial charge < -0.3 is 9.47 Å². The standard InChI is InChI=1S/C57H42N2/c1-57(2)52-24-14-12-22-48(52)51-36-44(43-30-35-50-49-23-13-15-25-53(49)59(54(50)37-43)45-20-10-5-11-21-45)38-55(56(51)57)58(46-31-26-41(27-32-46)39-16-6-3-7-17-39)47-33-28-42(29-34-47)40-18-8-4-9-19-40/h3-38H,1-2H3. The lowest BCUT2D eigenvalue weighted by Crippen LogP contribution is -2.20. The normalized spacial score (nSPS) is 12.7. The Hall–Kier alpha value is -7.42. The third-order valence-electron chi connectivity index (χ3n) is 12.4. The molecular formula is C57H42N2. The van der Waals surface area contributed by atoms with Crippen LogP contribution in [0.4, 0.5) is 17.1 Å². The smallest absolute Gasteiger partial charge is 0.0547 e. The molecule has 0 radical (unpaired) electrons. The summed E-state index contributed by atoms with van der Waals surface area (Å²) < 4.78 is 2.41. The van der Waals surface area contributed by atoms with E-state index in [1.807, 2.05) is 0 Å². The fraction of sp³-hybridized carbons (Fsp3) is 0.0526. The number of hydrogen-bond acceptors (Lipinski definition) is 1. The van der Waals surface area contributed by atoms with Gasteiger partial charge in [0.05, 0.1) is 16.7 Å². The molecule has 0 unspecified atom stereocenters. The van der Waals surface area contributed by atoms with E-state index in [2.05, 4.69) is 242 Å². The average Bonchev–Trinajstić information content (AvgIpc) is 3.75. The second kappa shape index (κ2) is 13.9. The predicted octanol–water partition coefficient (Wildman–Crippen LogP) is 15.6. The number of fused-ring (bicyclic) bond motifs is 6. The Bertz CT molecular complexity index is 3060. The number of aromatic nitrogens is 1. The van der Waals surface area contributed by atoms with Crippen LogP contribution in [0.15, 0.2) is 218 Å². The maximum Gasteiger partial charge on any atom is 0.0547 e. The van der Waals surface area contributed by atoms with Gasteiger partial charge in [0.2, 0.25) is 0 Å². The van der Waals surface area contributed by atoms with Gasteiger partial charge in [-0.15, -0.1) is 0 Å². The van der Waals surface area contributed by atoms with E-state index in [1.165, 1.54) is 83.1 Å². The zero-order valence-corrected chi connectivity index (χ0v) is 33.2. The molecule has 280 valence electrons. The summed E-state index contributed by atoms with van der Waals surface area (Å²) in [6.07, 6.45) is 0. The summed E-state index contributed by atoms with van der Waals surface area (Å²) in [6, 6.07) is 79.9. The minimum atomic E-state index is -0.240. The van der Waals surface area contributed by atoms with Gasteiger partial charge in [0.25, 0.3) is 0 Å². The molecule has 2 heteroatoms. The van der Waals surface area contributed by atoms with Gasteiger partial charge in [-0.2, -0.15) is 0 Å². The minimum absolute atomic E-state index is 0.240. The van der Waals surface area contributed by atoms with Crippen molar-refractivity contribution in [1.82, 2.24) is 4.57 Å². The fourth-order valence-electron chi connectivity index (χ4n) is 9.54. The molecule has 10 aromatic rings. The highest BCUT2D eigenvalue weighted by atomic mass is 15.1. The molecule has 59 heavy (non-hydrogen) atoms. The molecule has 0 atom stereocenters. The highest BCUT2D eigenvalue weighted by molar-refractivity contribution is 6.10. The minimum Gasteiger partial charge on any atom is -0.310 e. The van der Waals surface area contributed by atoms with Gasteiger partial charge in [-0.1, -0.05) is 172 Å². The van der Waals surface area contributed by atoms with Gasteiger partial charge in [-0.25, -0.2) is 0 Å². The first-order chi connectivity index (χ1) is 29.0. The van der Waals surface area contributed by atoms with Gasteiger partial charge in [-0.05, 0) is 116 Å². The quantitative estimate of drug-likeness (QED) is 0.157. The second-order valence-corrected chi connectivity index (χ2v) is 16.2. The van der Waals surface area contributed by atoms with Gasteiger partial charge in [-0.3, -0.25) is 0 Å². The molecule has 0 bridgehead atoms. The van der Waals surface area contributed by atoms with Crippen molar-refractivity contribution < 1.29 is 0 Å². The summed E-state index contributed by atoms with van der Waals surface area (Å²) in [5, 5.41) is 2.51. The van der Waals surface area contributed by atoms with Crippen LogP contribution < -0.4 is 4.90 Å². The molecular weight excluding hydrogens is 713 g/mol. The largest absolute Gasteiger partial charge is 0.310 e. The lowest BCUT2D eigenvalue weighted by atomic mass is 9.80. The van der Waals surface area contributed by atoms with E-state index >= 15 is 0 Å². The Morgan fingerprint density at radius 2 is 0.881 bits per heavy atom. The first kappa shape index (κ1) is 34.8. The van der Waals surface area contributed by atoms with Crippen molar-refractivity contribution in [2.24, 2.45) is 0 Å². The monoisotopic (exact) mass is 754 g/mol. The molecule has 1 heterocycles. The van der Waals surface area contributed by atoms with Crippen molar-refractivity contribution >= 4 is 38.9 Å². The van der Waals surface area contributed by atoms with E-state index in [-0.39, 0.29) is 5.41 Å².